The zero-order valence-corrected chi connectivity index (χ0v) is 15.2. The second-order valence-electron chi connectivity index (χ2n) is 6.08. The van der Waals surface area contributed by atoms with Crippen molar-refractivity contribution in [3.8, 4) is 10.6 Å². The summed E-state index contributed by atoms with van der Waals surface area (Å²) in [5.41, 5.74) is 1.56. The molecule has 3 rings (SSSR count). The van der Waals surface area contributed by atoms with Gasteiger partial charge in [0.1, 0.15) is 21.5 Å². The summed E-state index contributed by atoms with van der Waals surface area (Å²) in [4.78, 5) is 17.5. The van der Waals surface area contributed by atoms with Crippen LogP contribution in [-0.4, -0.2) is 16.9 Å². The summed E-state index contributed by atoms with van der Waals surface area (Å²) >= 11 is 1.30. The van der Waals surface area contributed by atoms with Gasteiger partial charge in [-0.15, -0.1) is 11.3 Å². The van der Waals surface area contributed by atoms with Crippen LogP contribution in [0.4, 0.5) is 8.78 Å². The van der Waals surface area contributed by atoms with Crippen LogP contribution in [0.5, 0.6) is 0 Å². The first kappa shape index (κ1) is 18.2. The quantitative estimate of drug-likeness (QED) is 0.702. The molecule has 1 amide bonds. The van der Waals surface area contributed by atoms with Crippen LogP contribution in [0.2, 0.25) is 0 Å². The van der Waals surface area contributed by atoms with Crippen LogP contribution in [0.3, 0.4) is 0 Å². The van der Waals surface area contributed by atoms with Crippen molar-refractivity contribution < 1.29 is 13.6 Å². The molecule has 134 valence electrons. The van der Waals surface area contributed by atoms with Gasteiger partial charge in [0, 0.05) is 17.2 Å². The molecule has 1 unspecified atom stereocenters. The lowest BCUT2D eigenvalue weighted by atomic mass is 10.1. The van der Waals surface area contributed by atoms with E-state index in [4.69, 9.17) is 0 Å². The molecule has 0 fully saturated rings. The first-order valence-corrected chi connectivity index (χ1v) is 9.04. The minimum absolute atomic E-state index is 0.0219. The van der Waals surface area contributed by atoms with Crippen molar-refractivity contribution in [2.24, 2.45) is 0 Å². The number of aromatic nitrogens is 1. The number of hydrogen-bond donors (Lipinski definition) is 1. The van der Waals surface area contributed by atoms with Crippen LogP contribution in [0.15, 0.2) is 48.5 Å². The Morgan fingerprint density at radius 3 is 2.42 bits per heavy atom. The van der Waals surface area contributed by atoms with Crippen molar-refractivity contribution in [3.63, 3.8) is 0 Å². The van der Waals surface area contributed by atoms with E-state index in [1.807, 2.05) is 30.3 Å². The van der Waals surface area contributed by atoms with Crippen LogP contribution in [-0.2, 0) is 6.42 Å². The Kier molecular flexibility index (Phi) is 5.42. The van der Waals surface area contributed by atoms with Gasteiger partial charge in [-0.3, -0.25) is 4.79 Å². The summed E-state index contributed by atoms with van der Waals surface area (Å²) in [6.45, 7) is 3.50. The van der Waals surface area contributed by atoms with E-state index >= 15 is 0 Å². The Bertz CT molecular complexity index is 905. The Hall–Kier alpha value is -2.60. The summed E-state index contributed by atoms with van der Waals surface area (Å²) in [5.74, 6) is -1.50. The predicted octanol–water partition coefficient (Wildman–Crippen LogP) is 4.76. The van der Waals surface area contributed by atoms with Crippen LogP contribution in [0.1, 0.15) is 27.9 Å². The van der Waals surface area contributed by atoms with Gasteiger partial charge < -0.3 is 5.32 Å². The number of nitrogens with one attached hydrogen (secondary N) is 1. The van der Waals surface area contributed by atoms with Gasteiger partial charge in [0.15, 0.2) is 0 Å². The predicted molar refractivity (Wildman–Crippen MR) is 99.3 cm³/mol. The number of benzene rings is 2. The summed E-state index contributed by atoms with van der Waals surface area (Å²) < 4.78 is 27.5. The summed E-state index contributed by atoms with van der Waals surface area (Å²) in [7, 11) is 0. The minimum atomic E-state index is -0.605. The fraction of sp³-hybridized carbons (Fsp3) is 0.200. The van der Waals surface area contributed by atoms with Crippen LogP contribution in [0.25, 0.3) is 10.6 Å². The Morgan fingerprint density at radius 2 is 1.77 bits per heavy atom. The molecule has 2 aromatic carbocycles. The van der Waals surface area contributed by atoms with E-state index in [9.17, 15) is 13.6 Å². The molecule has 26 heavy (non-hydrogen) atoms. The van der Waals surface area contributed by atoms with Crippen LogP contribution >= 0.6 is 11.3 Å². The standard InChI is InChI=1S/C20H18F2N2OS/c1-12(11-15-16(21)9-6-10-17(15)22)23-19(25)18-13(2)24-20(26-18)14-7-4-3-5-8-14/h3-10,12H,11H2,1-2H3,(H,23,25). The third-order valence-electron chi connectivity index (χ3n) is 3.97. The zero-order valence-electron chi connectivity index (χ0n) is 14.4. The number of thiazole rings is 1. The Balaban J connectivity index is 1.73. The molecule has 6 heteroatoms. The normalized spacial score (nSPS) is 12.0. The highest BCUT2D eigenvalue weighted by Crippen LogP contribution is 2.27. The lowest BCUT2D eigenvalue weighted by Crippen LogP contribution is -2.34. The summed E-state index contributed by atoms with van der Waals surface area (Å²) in [6, 6.07) is 12.9. The first-order valence-electron chi connectivity index (χ1n) is 8.22. The monoisotopic (exact) mass is 372 g/mol. The summed E-state index contributed by atoms with van der Waals surface area (Å²) in [6.07, 6.45) is 0.0770. The second kappa shape index (κ2) is 7.74. The van der Waals surface area contributed by atoms with Crippen LogP contribution in [0, 0.1) is 18.6 Å². The molecule has 1 atom stereocenters. The molecule has 1 heterocycles. The van der Waals surface area contributed by atoms with Gasteiger partial charge in [-0.25, -0.2) is 13.8 Å². The number of amides is 1. The number of hydrogen-bond acceptors (Lipinski definition) is 3. The number of halogens is 2. The molecule has 3 aromatic rings. The highest BCUT2D eigenvalue weighted by molar-refractivity contribution is 7.17. The molecule has 1 N–H and O–H groups in total. The summed E-state index contributed by atoms with van der Waals surface area (Å²) in [5, 5.41) is 3.57. The molecule has 0 saturated heterocycles. The largest absolute Gasteiger partial charge is 0.348 e. The fourth-order valence-electron chi connectivity index (χ4n) is 2.69. The average Bonchev–Trinajstić information content (AvgIpc) is 3.01. The number of nitrogens with zero attached hydrogens (tertiary/aromatic N) is 1. The maximum Gasteiger partial charge on any atom is 0.263 e. The maximum absolute atomic E-state index is 13.8. The van der Waals surface area contributed by atoms with Crippen molar-refractivity contribution in [2.45, 2.75) is 26.3 Å². The van der Waals surface area contributed by atoms with E-state index < -0.39 is 17.7 Å². The second-order valence-corrected chi connectivity index (χ2v) is 7.08. The van der Waals surface area contributed by atoms with Crippen molar-refractivity contribution >= 4 is 17.2 Å². The van der Waals surface area contributed by atoms with Gasteiger partial charge >= 0.3 is 0 Å². The van der Waals surface area contributed by atoms with E-state index in [2.05, 4.69) is 10.3 Å². The molecular weight excluding hydrogens is 354 g/mol. The molecule has 0 radical (unpaired) electrons. The topological polar surface area (TPSA) is 42.0 Å². The highest BCUT2D eigenvalue weighted by atomic mass is 32.1. The van der Waals surface area contributed by atoms with Gasteiger partial charge in [-0.2, -0.15) is 0 Å². The molecule has 0 aliphatic rings. The maximum atomic E-state index is 13.8. The van der Waals surface area contributed by atoms with Crippen molar-refractivity contribution in [1.82, 2.24) is 10.3 Å². The van der Waals surface area contributed by atoms with Gasteiger partial charge in [0.05, 0.1) is 5.69 Å². The SMILES string of the molecule is Cc1nc(-c2ccccc2)sc1C(=O)NC(C)Cc1c(F)cccc1F. The number of aryl methyl sites for hydroxylation is 1. The molecule has 0 aliphatic carbocycles. The van der Waals surface area contributed by atoms with E-state index in [0.717, 1.165) is 10.6 Å². The Morgan fingerprint density at radius 1 is 1.12 bits per heavy atom. The van der Waals surface area contributed by atoms with Gasteiger partial charge in [0.25, 0.3) is 5.91 Å². The van der Waals surface area contributed by atoms with E-state index in [1.54, 1.807) is 13.8 Å². The number of carbonyl (C=O) groups is 1. The van der Waals surface area contributed by atoms with Gasteiger partial charge in [0.2, 0.25) is 0 Å². The third kappa shape index (κ3) is 3.96. The highest BCUT2D eigenvalue weighted by Gasteiger charge is 2.19. The fourth-order valence-corrected chi connectivity index (χ4v) is 3.66. The molecule has 3 nitrogen and oxygen atoms in total. The Labute approximate surface area is 154 Å². The lowest BCUT2D eigenvalue weighted by Gasteiger charge is -2.14. The number of carbonyl (C=O) groups excluding carboxylic acids is 1. The number of rotatable bonds is 5. The van der Waals surface area contributed by atoms with E-state index in [0.29, 0.717) is 10.6 Å². The average molecular weight is 372 g/mol. The molecule has 0 saturated carbocycles. The molecule has 0 bridgehead atoms. The zero-order chi connectivity index (χ0) is 18.7. The van der Waals surface area contributed by atoms with Gasteiger partial charge in [-0.1, -0.05) is 36.4 Å². The van der Waals surface area contributed by atoms with Crippen molar-refractivity contribution in [2.75, 3.05) is 0 Å². The third-order valence-corrected chi connectivity index (χ3v) is 5.18. The smallest absolute Gasteiger partial charge is 0.263 e. The molecule has 0 spiro atoms. The lowest BCUT2D eigenvalue weighted by molar-refractivity contribution is 0.0943. The van der Waals surface area contributed by atoms with E-state index in [1.165, 1.54) is 29.5 Å². The van der Waals surface area contributed by atoms with Crippen molar-refractivity contribution in [3.05, 3.63) is 76.3 Å². The van der Waals surface area contributed by atoms with Crippen molar-refractivity contribution in [1.29, 1.82) is 0 Å². The molecular formula is C20H18F2N2OS. The van der Waals surface area contributed by atoms with Gasteiger partial charge in [-0.05, 0) is 32.4 Å². The first-order chi connectivity index (χ1) is 12.5. The van der Waals surface area contributed by atoms with E-state index in [-0.39, 0.29) is 17.9 Å². The minimum Gasteiger partial charge on any atom is -0.348 e. The molecule has 1 aromatic heterocycles. The molecule has 0 aliphatic heterocycles. The van der Waals surface area contributed by atoms with Crippen LogP contribution < -0.4 is 5.32 Å².